The number of hydrogen-bond donors (Lipinski definition) is 1. The van der Waals surface area contributed by atoms with Gasteiger partial charge in [0.05, 0.1) is 24.4 Å². The van der Waals surface area contributed by atoms with Gasteiger partial charge in [0.15, 0.2) is 5.82 Å². The molecule has 0 spiro atoms. The number of nitrogens with zero attached hydrogens (tertiary/aromatic N) is 7. The Bertz CT molecular complexity index is 1420. The average molecular weight is 507 g/mol. The Morgan fingerprint density at radius 1 is 0.889 bits per heavy atom. The zero-order chi connectivity index (χ0) is 25.1. The molecule has 1 aliphatic heterocycles. The summed E-state index contributed by atoms with van der Waals surface area (Å²) in [7, 11) is -2.07. The number of anilines is 3. The molecule has 0 radical (unpaired) electrons. The summed E-state index contributed by atoms with van der Waals surface area (Å²) in [6, 6.07) is 16.2. The van der Waals surface area contributed by atoms with Gasteiger partial charge < -0.3 is 15.0 Å². The Hall–Kier alpha value is -4.03. The minimum Gasteiger partial charge on any atom is -0.497 e. The van der Waals surface area contributed by atoms with E-state index in [9.17, 15) is 8.42 Å². The number of ether oxygens (including phenoxy) is 1. The molecule has 0 bridgehead atoms. The molecule has 5 rings (SSSR count). The minimum atomic E-state index is -3.61. The van der Waals surface area contributed by atoms with Gasteiger partial charge in [-0.05, 0) is 43.3 Å². The first-order valence-electron chi connectivity index (χ1n) is 11.4. The number of methoxy groups -OCH3 is 1. The lowest BCUT2D eigenvalue weighted by molar-refractivity contribution is 0.382. The highest BCUT2D eigenvalue weighted by molar-refractivity contribution is 7.89. The molecular weight excluding hydrogens is 480 g/mol. The maximum Gasteiger partial charge on any atom is 0.243 e. The van der Waals surface area contributed by atoms with Crippen molar-refractivity contribution in [3.63, 3.8) is 0 Å². The summed E-state index contributed by atoms with van der Waals surface area (Å²) in [6.07, 6.45) is 3.16. The molecule has 1 N–H and O–H groups in total. The highest BCUT2D eigenvalue weighted by Gasteiger charge is 2.29. The zero-order valence-corrected chi connectivity index (χ0v) is 20.8. The average Bonchev–Trinajstić information content (AvgIpc) is 3.45. The molecule has 2 aromatic heterocycles. The first-order valence-corrected chi connectivity index (χ1v) is 12.8. The maximum atomic E-state index is 13.1. The predicted octanol–water partition coefficient (Wildman–Crippen LogP) is 2.63. The molecule has 3 heterocycles. The van der Waals surface area contributed by atoms with Gasteiger partial charge in [0, 0.05) is 37.9 Å². The van der Waals surface area contributed by atoms with Crippen LogP contribution in [0.15, 0.2) is 71.9 Å². The Morgan fingerprint density at radius 2 is 1.56 bits per heavy atom. The Kier molecular flexibility index (Phi) is 6.53. The highest BCUT2D eigenvalue weighted by Crippen LogP contribution is 2.24. The third kappa shape index (κ3) is 4.99. The molecule has 0 aliphatic carbocycles. The molecule has 0 saturated carbocycles. The van der Waals surface area contributed by atoms with Crippen LogP contribution in [0.25, 0.3) is 5.82 Å². The number of benzene rings is 2. The van der Waals surface area contributed by atoms with Crippen molar-refractivity contribution in [2.24, 2.45) is 0 Å². The van der Waals surface area contributed by atoms with Gasteiger partial charge in [0.2, 0.25) is 16.0 Å². The molecule has 2 aromatic carbocycles. The maximum absolute atomic E-state index is 13.1. The van der Waals surface area contributed by atoms with Crippen molar-refractivity contribution in [3.8, 4) is 11.6 Å². The summed E-state index contributed by atoms with van der Waals surface area (Å²) in [4.78, 5) is 13.0. The number of aryl methyl sites for hydroxylation is 1. The molecule has 1 aliphatic rings. The van der Waals surface area contributed by atoms with Gasteiger partial charge in [0.25, 0.3) is 0 Å². The van der Waals surface area contributed by atoms with Gasteiger partial charge in [-0.1, -0.05) is 17.7 Å². The number of nitrogens with one attached hydrogen (secondary N) is 1. The van der Waals surface area contributed by atoms with Crippen molar-refractivity contribution in [2.45, 2.75) is 11.8 Å². The van der Waals surface area contributed by atoms with Crippen LogP contribution < -0.4 is 15.0 Å². The van der Waals surface area contributed by atoms with Gasteiger partial charge in [-0.3, -0.25) is 0 Å². The molecule has 36 heavy (non-hydrogen) atoms. The fraction of sp³-hybridized carbons (Fsp3) is 0.250. The highest BCUT2D eigenvalue weighted by atomic mass is 32.2. The Balaban J connectivity index is 1.36. The fourth-order valence-corrected chi connectivity index (χ4v) is 5.30. The molecule has 0 unspecified atom stereocenters. The van der Waals surface area contributed by atoms with Crippen molar-refractivity contribution in [1.82, 2.24) is 29.3 Å². The monoisotopic (exact) mass is 506 g/mol. The van der Waals surface area contributed by atoms with Crippen LogP contribution >= 0.6 is 0 Å². The van der Waals surface area contributed by atoms with Crippen LogP contribution in [0.5, 0.6) is 5.75 Å². The second-order valence-electron chi connectivity index (χ2n) is 8.29. The van der Waals surface area contributed by atoms with Crippen LogP contribution in [0.1, 0.15) is 5.56 Å². The number of hydrogen-bond acceptors (Lipinski definition) is 9. The molecule has 12 heteroatoms. The summed E-state index contributed by atoms with van der Waals surface area (Å²) in [5.74, 6) is 2.18. The fourth-order valence-electron chi connectivity index (χ4n) is 3.87. The molecule has 4 aromatic rings. The third-order valence-corrected chi connectivity index (χ3v) is 7.78. The summed E-state index contributed by atoms with van der Waals surface area (Å²) in [6.45, 7) is 3.53. The first kappa shape index (κ1) is 23.7. The number of aromatic nitrogens is 5. The van der Waals surface area contributed by atoms with Crippen LogP contribution in [-0.2, 0) is 10.0 Å². The van der Waals surface area contributed by atoms with E-state index in [0.717, 1.165) is 11.3 Å². The van der Waals surface area contributed by atoms with E-state index in [0.29, 0.717) is 49.5 Å². The molecular formula is C24H26N8O3S. The molecule has 11 nitrogen and oxygen atoms in total. The largest absolute Gasteiger partial charge is 0.497 e. The lowest BCUT2D eigenvalue weighted by Gasteiger charge is -2.34. The van der Waals surface area contributed by atoms with E-state index in [-0.39, 0.29) is 4.90 Å². The Labute approximate surface area is 209 Å². The minimum absolute atomic E-state index is 0.240. The normalized spacial score (nSPS) is 14.6. The Morgan fingerprint density at radius 3 is 2.19 bits per heavy atom. The lowest BCUT2D eigenvalue weighted by atomic mass is 10.2. The topological polar surface area (TPSA) is 118 Å². The van der Waals surface area contributed by atoms with Crippen LogP contribution in [0.3, 0.4) is 0 Å². The molecule has 186 valence electrons. The molecule has 1 saturated heterocycles. The third-order valence-electron chi connectivity index (χ3n) is 5.87. The number of piperazine rings is 1. The number of sulfonamides is 1. The first-order chi connectivity index (χ1) is 17.4. The standard InChI is InChI=1S/C24H26N8O3S/c1-18-3-5-19(6-4-18)27-22-17-23(32-25-11-12-26-32)29-24(28-22)30-13-15-31(16-14-30)36(33,34)21-9-7-20(35-2)8-10-21/h3-12,17H,13-16H2,1-2H3,(H,27,28,29). The van der Waals surface area contributed by atoms with Crippen molar-refractivity contribution in [1.29, 1.82) is 0 Å². The second-order valence-corrected chi connectivity index (χ2v) is 10.2. The lowest BCUT2D eigenvalue weighted by Crippen LogP contribution is -2.49. The number of rotatable bonds is 7. The molecule has 0 amide bonds. The summed E-state index contributed by atoms with van der Waals surface area (Å²) in [5, 5.41) is 11.7. The quantitative estimate of drug-likeness (QED) is 0.403. The smallest absolute Gasteiger partial charge is 0.243 e. The van der Waals surface area contributed by atoms with Crippen LogP contribution in [0.2, 0.25) is 0 Å². The van der Waals surface area contributed by atoms with Crippen molar-refractivity contribution in [2.75, 3.05) is 43.5 Å². The molecule has 0 atom stereocenters. The van der Waals surface area contributed by atoms with Crippen molar-refractivity contribution in [3.05, 3.63) is 72.6 Å². The second kappa shape index (κ2) is 9.91. The van der Waals surface area contributed by atoms with Crippen molar-refractivity contribution >= 4 is 27.5 Å². The van der Waals surface area contributed by atoms with E-state index in [1.54, 1.807) is 49.8 Å². The van der Waals surface area contributed by atoms with Crippen LogP contribution in [0.4, 0.5) is 17.5 Å². The van der Waals surface area contributed by atoms with E-state index in [4.69, 9.17) is 9.72 Å². The van der Waals surface area contributed by atoms with Crippen LogP contribution in [0, 0.1) is 6.92 Å². The van der Waals surface area contributed by atoms with Gasteiger partial charge >= 0.3 is 0 Å². The zero-order valence-electron chi connectivity index (χ0n) is 19.9. The van der Waals surface area contributed by atoms with Gasteiger partial charge in [0.1, 0.15) is 11.6 Å². The predicted molar refractivity (Wildman–Crippen MR) is 135 cm³/mol. The van der Waals surface area contributed by atoms with Gasteiger partial charge in [-0.15, -0.1) is 4.80 Å². The SMILES string of the molecule is COc1ccc(S(=O)(=O)N2CCN(c3nc(Nc4ccc(C)cc4)cc(-n4nccn4)n3)CC2)cc1. The van der Waals surface area contributed by atoms with E-state index in [1.807, 2.05) is 36.1 Å². The van der Waals surface area contributed by atoms with E-state index >= 15 is 0 Å². The molecule has 1 fully saturated rings. The summed E-state index contributed by atoms with van der Waals surface area (Å²) >= 11 is 0. The van der Waals surface area contributed by atoms with E-state index in [2.05, 4.69) is 20.5 Å². The van der Waals surface area contributed by atoms with Gasteiger partial charge in [-0.2, -0.15) is 24.5 Å². The summed E-state index contributed by atoms with van der Waals surface area (Å²) in [5.41, 5.74) is 2.05. The van der Waals surface area contributed by atoms with Crippen LogP contribution in [-0.4, -0.2) is 71.0 Å². The van der Waals surface area contributed by atoms with Gasteiger partial charge in [-0.25, -0.2) is 8.42 Å². The van der Waals surface area contributed by atoms with E-state index in [1.165, 1.54) is 9.10 Å². The van der Waals surface area contributed by atoms with E-state index < -0.39 is 10.0 Å². The summed E-state index contributed by atoms with van der Waals surface area (Å²) < 4.78 is 32.9. The van der Waals surface area contributed by atoms with Crippen molar-refractivity contribution < 1.29 is 13.2 Å².